The van der Waals surface area contributed by atoms with Crippen LogP contribution < -0.4 is 0 Å². The van der Waals surface area contributed by atoms with Crippen LogP contribution in [0.3, 0.4) is 0 Å². The molecule has 0 atom stereocenters. The molecule has 6 heteroatoms. The van der Waals surface area contributed by atoms with Crippen molar-refractivity contribution in [3.8, 4) is 0 Å². The zero-order chi connectivity index (χ0) is 14.8. The minimum atomic E-state index is -0.244. The van der Waals surface area contributed by atoms with Gasteiger partial charge in [-0.3, -0.25) is 4.90 Å². The molecule has 19 heavy (non-hydrogen) atoms. The number of aliphatic hydroxyl groups is 1. The molecule has 0 aromatic heterocycles. The van der Waals surface area contributed by atoms with Crippen LogP contribution in [-0.2, 0) is 19.1 Å². The van der Waals surface area contributed by atoms with E-state index in [2.05, 4.69) is 4.90 Å². The van der Waals surface area contributed by atoms with E-state index in [1.807, 2.05) is 13.8 Å². The topological polar surface area (TPSA) is 83.9 Å². The summed E-state index contributed by atoms with van der Waals surface area (Å²) in [4.78, 5) is 30.0. The second-order valence-electron chi connectivity index (χ2n) is 4.56. The number of likely N-dealkylation sites (tertiary alicyclic amines) is 1. The highest BCUT2D eigenvalue weighted by atomic mass is 16.5. The summed E-state index contributed by atoms with van der Waals surface area (Å²) in [5.74, 6) is -0.244. The van der Waals surface area contributed by atoms with Crippen molar-refractivity contribution in [2.24, 2.45) is 0 Å². The van der Waals surface area contributed by atoms with E-state index in [1.54, 1.807) is 0 Å². The van der Waals surface area contributed by atoms with E-state index in [9.17, 15) is 9.90 Å². The molecule has 1 N–H and O–H groups in total. The number of esters is 1. The first-order valence-electron chi connectivity index (χ1n) is 6.10. The Labute approximate surface area is 113 Å². The van der Waals surface area contributed by atoms with Gasteiger partial charge in [0.25, 0.3) is 0 Å². The molecule has 0 saturated carbocycles. The first-order chi connectivity index (χ1) is 8.96. The van der Waals surface area contributed by atoms with Crippen LogP contribution >= 0.6 is 0 Å². The minimum absolute atomic E-state index is 0.176. The number of hydrogen-bond donors (Lipinski definition) is 1. The maximum atomic E-state index is 11.5. The van der Waals surface area contributed by atoms with E-state index in [0.29, 0.717) is 6.54 Å². The highest BCUT2D eigenvalue weighted by Gasteiger charge is 2.20. The van der Waals surface area contributed by atoms with Gasteiger partial charge in [-0.2, -0.15) is 9.59 Å². The number of piperidine rings is 1. The third kappa shape index (κ3) is 6.86. The predicted octanol–water partition coefficient (Wildman–Crippen LogP) is 0.369. The third-order valence-corrected chi connectivity index (χ3v) is 2.97. The van der Waals surface area contributed by atoms with E-state index in [-0.39, 0.29) is 18.2 Å². The first kappa shape index (κ1) is 17.5. The van der Waals surface area contributed by atoms with E-state index in [1.165, 1.54) is 7.11 Å². The fraction of sp³-hybridized carbons (Fsp3) is 0.692. The van der Waals surface area contributed by atoms with Crippen molar-refractivity contribution in [1.82, 2.24) is 4.90 Å². The van der Waals surface area contributed by atoms with Gasteiger partial charge in [-0.1, -0.05) is 5.57 Å². The Kier molecular flexibility index (Phi) is 8.70. The second-order valence-corrected chi connectivity index (χ2v) is 4.56. The maximum absolute atomic E-state index is 11.5. The van der Waals surface area contributed by atoms with Crippen LogP contribution in [0.2, 0.25) is 0 Å². The fourth-order valence-corrected chi connectivity index (χ4v) is 1.85. The lowest BCUT2D eigenvalue weighted by atomic mass is 10.1. The Bertz CT molecular complexity index is 346. The maximum Gasteiger partial charge on any atom is 0.373 e. The fourth-order valence-electron chi connectivity index (χ4n) is 1.85. The summed E-state index contributed by atoms with van der Waals surface area (Å²) in [6.45, 7) is 6.15. The number of carbonyl (C=O) groups is 1. The zero-order valence-corrected chi connectivity index (χ0v) is 11.6. The summed E-state index contributed by atoms with van der Waals surface area (Å²) in [6.07, 6.45) is 1.65. The van der Waals surface area contributed by atoms with E-state index < -0.39 is 0 Å². The number of nitrogens with zero attached hydrogens (tertiary/aromatic N) is 1. The molecule has 1 fully saturated rings. The molecule has 0 aliphatic carbocycles. The third-order valence-electron chi connectivity index (χ3n) is 2.97. The number of carbonyl (C=O) groups excluding carboxylic acids is 3. The molecular weight excluding hydrogens is 250 g/mol. The molecule has 108 valence electrons. The number of allylic oxidation sites excluding steroid dienone is 1. The van der Waals surface area contributed by atoms with Gasteiger partial charge >= 0.3 is 12.1 Å². The van der Waals surface area contributed by atoms with Crippen LogP contribution in [-0.4, -0.2) is 55.0 Å². The SMILES string of the molecule is COC(=O)C(CN1CCC(O)CC1)=C(C)C.O=C=O. The van der Waals surface area contributed by atoms with Gasteiger partial charge in [0, 0.05) is 25.2 Å². The molecule has 6 nitrogen and oxygen atoms in total. The van der Waals surface area contributed by atoms with Crippen molar-refractivity contribution in [2.75, 3.05) is 26.7 Å². The summed E-state index contributed by atoms with van der Waals surface area (Å²) in [5.41, 5.74) is 1.73. The summed E-state index contributed by atoms with van der Waals surface area (Å²) < 4.78 is 4.76. The quantitative estimate of drug-likeness (QED) is 0.589. The number of ether oxygens (including phenoxy) is 1. The van der Waals surface area contributed by atoms with Gasteiger partial charge in [-0.25, -0.2) is 4.79 Å². The van der Waals surface area contributed by atoms with Crippen LogP contribution in [0.15, 0.2) is 11.1 Å². The lowest BCUT2D eigenvalue weighted by Crippen LogP contribution is -2.38. The summed E-state index contributed by atoms with van der Waals surface area (Å²) in [5, 5.41) is 9.40. The van der Waals surface area contributed by atoms with Gasteiger partial charge in [0.2, 0.25) is 0 Å². The summed E-state index contributed by atoms with van der Waals surface area (Å²) >= 11 is 0. The molecular formula is C13H21NO5. The summed E-state index contributed by atoms with van der Waals surface area (Å²) in [7, 11) is 1.41. The molecule has 1 rings (SSSR count). The van der Waals surface area contributed by atoms with Crippen molar-refractivity contribution >= 4 is 12.1 Å². The lowest BCUT2D eigenvalue weighted by molar-refractivity contribution is -0.191. The van der Waals surface area contributed by atoms with Gasteiger partial charge in [-0.15, -0.1) is 0 Å². The molecule has 0 bridgehead atoms. The van der Waals surface area contributed by atoms with Gasteiger partial charge in [0.15, 0.2) is 0 Å². The van der Waals surface area contributed by atoms with Crippen molar-refractivity contribution in [3.63, 3.8) is 0 Å². The monoisotopic (exact) mass is 271 g/mol. The minimum Gasteiger partial charge on any atom is -0.466 e. The molecule has 0 aromatic rings. The zero-order valence-electron chi connectivity index (χ0n) is 11.6. The molecule has 1 aliphatic heterocycles. The molecule has 0 radical (unpaired) electrons. The first-order valence-corrected chi connectivity index (χ1v) is 6.10. The van der Waals surface area contributed by atoms with Crippen LogP contribution in [0.25, 0.3) is 0 Å². The van der Waals surface area contributed by atoms with Crippen molar-refractivity contribution < 1.29 is 24.2 Å². The highest BCUT2D eigenvalue weighted by molar-refractivity contribution is 5.89. The average molecular weight is 271 g/mol. The van der Waals surface area contributed by atoms with E-state index in [0.717, 1.165) is 37.1 Å². The van der Waals surface area contributed by atoms with Gasteiger partial charge in [0.05, 0.1) is 13.2 Å². The molecule has 1 heterocycles. The van der Waals surface area contributed by atoms with E-state index >= 15 is 0 Å². The lowest BCUT2D eigenvalue weighted by Gasteiger charge is -2.30. The van der Waals surface area contributed by atoms with Crippen LogP contribution in [0, 0.1) is 0 Å². The molecule has 0 amide bonds. The van der Waals surface area contributed by atoms with E-state index in [4.69, 9.17) is 14.3 Å². The molecule has 1 saturated heterocycles. The number of rotatable bonds is 3. The molecule has 0 unspecified atom stereocenters. The smallest absolute Gasteiger partial charge is 0.373 e. The molecule has 0 aromatic carbocycles. The van der Waals surface area contributed by atoms with Crippen molar-refractivity contribution in [1.29, 1.82) is 0 Å². The number of hydrogen-bond acceptors (Lipinski definition) is 6. The standard InChI is InChI=1S/C12H21NO3.CO2/c1-9(2)11(12(15)16-3)8-13-6-4-10(14)5-7-13;2-1-3/h10,14H,4-8H2,1-3H3;. The largest absolute Gasteiger partial charge is 0.466 e. The average Bonchev–Trinajstić information content (AvgIpc) is 2.37. The van der Waals surface area contributed by atoms with Gasteiger partial charge in [-0.05, 0) is 26.7 Å². The Balaban J connectivity index is 0.000000982. The number of methoxy groups -OCH3 is 1. The van der Waals surface area contributed by atoms with Gasteiger partial charge in [0.1, 0.15) is 0 Å². The van der Waals surface area contributed by atoms with Crippen LogP contribution in [0.4, 0.5) is 0 Å². The highest BCUT2D eigenvalue weighted by Crippen LogP contribution is 2.14. The summed E-state index contributed by atoms with van der Waals surface area (Å²) in [6, 6.07) is 0. The van der Waals surface area contributed by atoms with Crippen molar-refractivity contribution in [3.05, 3.63) is 11.1 Å². The van der Waals surface area contributed by atoms with Crippen molar-refractivity contribution in [2.45, 2.75) is 32.8 Å². The van der Waals surface area contributed by atoms with Gasteiger partial charge < -0.3 is 9.84 Å². The predicted molar refractivity (Wildman–Crippen MR) is 67.1 cm³/mol. The Morgan fingerprint density at radius 1 is 1.32 bits per heavy atom. The molecule has 1 aliphatic rings. The Morgan fingerprint density at radius 2 is 1.79 bits per heavy atom. The second kappa shape index (κ2) is 9.44. The molecule has 0 spiro atoms. The number of aliphatic hydroxyl groups excluding tert-OH is 1. The normalized spacial score (nSPS) is 15.8. The Hall–Kier alpha value is -1.49. The van der Waals surface area contributed by atoms with Crippen LogP contribution in [0.1, 0.15) is 26.7 Å². The Morgan fingerprint density at radius 3 is 2.16 bits per heavy atom. The van der Waals surface area contributed by atoms with Crippen LogP contribution in [0.5, 0.6) is 0 Å².